The third kappa shape index (κ3) is 13.9. The minimum Gasteiger partial charge on any atom is -0.478 e. The van der Waals surface area contributed by atoms with Crippen LogP contribution in [0.2, 0.25) is 0 Å². The second-order valence-electron chi connectivity index (χ2n) is 10.3. The minimum atomic E-state index is -0.674. The van der Waals surface area contributed by atoms with E-state index < -0.39 is 11.7 Å². The van der Waals surface area contributed by atoms with Crippen LogP contribution in [-0.2, 0) is 31.9 Å². The highest BCUT2D eigenvalue weighted by Crippen LogP contribution is 2.16. The van der Waals surface area contributed by atoms with Crippen LogP contribution in [-0.4, -0.2) is 43.3 Å². The first-order valence-electron chi connectivity index (χ1n) is 13.7. The number of rotatable bonds is 17. The lowest BCUT2D eigenvalue weighted by atomic mass is 10.0. The normalized spacial score (nSPS) is 12.1. The Morgan fingerprint density at radius 2 is 1.49 bits per heavy atom. The zero-order valence-corrected chi connectivity index (χ0v) is 23.1. The number of esters is 2. The number of carbonyl (C=O) groups is 2. The van der Waals surface area contributed by atoms with Crippen LogP contribution in [0.1, 0.15) is 77.3 Å². The lowest BCUT2D eigenvalue weighted by Crippen LogP contribution is -2.31. The third-order valence-corrected chi connectivity index (χ3v) is 5.76. The maximum atomic E-state index is 12.4. The first-order chi connectivity index (χ1) is 17.8. The Bertz CT molecular complexity index is 905. The maximum absolute atomic E-state index is 12.4. The molecule has 1 unspecified atom stereocenters. The number of carbonyl (C=O) groups excluding carboxylic acids is 2. The molecule has 0 bridgehead atoms. The molecule has 6 nitrogen and oxygen atoms in total. The predicted octanol–water partition coefficient (Wildman–Crippen LogP) is 6.05. The van der Waals surface area contributed by atoms with Crippen molar-refractivity contribution in [2.75, 3.05) is 19.7 Å². The van der Waals surface area contributed by atoms with E-state index in [1.165, 1.54) is 12.0 Å². The number of ether oxygens (including phenoxy) is 3. The summed E-state index contributed by atoms with van der Waals surface area (Å²) in [7, 11) is 0. The molecule has 204 valence electrons. The van der Waals surface area contributed by atoms with E-state index in [2.05, 4.69) is 29.6 Å². The Hall–Kier alpha value is -2.86. The molecule has 0 radical (unpaired) electrons. The largest absolute Gasteiger partial charge is 0.478 e. The summed E-state index contributed by atoms with van der Waals surface area (Å²) in [5.74, 6) is 0.216. The Labute approximate surface area is 223 Å². The standard InChI is InChI=1S/C31H45NO5/c1-5-35-30(34)28(36-27-14-10-9-11-15-27)24-26-19-17-25(18-20-26)21-23-32-22-13-8-6-7-12-16-29(33)37-31(2,3)4/h9-11,14-15,17-20,28,32H,5-8,12-13,16,21-24H2,1-4H3. The average Bonchev–Trinajstić information content (AvgIpc) is 2.85. The fourth-order valence-electron chi connectivity index (χ4n) is 3.93. The first-order valence-corrected chi connectivity index (χ1v) is 13.7. The van der Waals surface area contributed by atoms with Crippen LogP contribution in [0.3, 0.4) is 0 Å². The number of para-hydroxylation sites is 1. The van der Waals surface area contributed by atoms with Crippen LogP contribution in [0.5, 0.6) is 5.75 Å². The summed E-state index contributed by atoms with van der Waals surface area (Å²) in [5.41, 5.74) is 1.91. The molecule has 1 atom stereocenters. The van der Waals surface area contributed by atoms with E-state index in [0.717, 1.165) is 50.8 Å². The van der Waals surface area contributed by atoms with Crippen LogP contribution in [0.25, 0.3) is 0 Å². The molecule has 0 aliphatic heterocycles. The number of benzene rings is 2. The van der Waals surface area contributed by atoms with Gasteiger partial charge in [0, 0.05) is 12.8 Å². The third-order valence-electron chi connectivity index (χ3n) is 5.76. The van der Waals surface area contributed by atoms with Gasteiger partial charge < -0.3 is 19.5 Å². The van der Waals surface area contributed by atoms with Crippen molar-refractivity contribution >= 4 is 11.9 Å². The van der Waals surface area contributed by atoms with E-state index in [0.29, 0.717) is 25.2 Å². The number of hydrogen-bond donors (Lipinski definition) is 1. The smallest absolute Gasteiger partial charge is 0.347 e. The minimum absolute atomic E-state index is 0.0958. The fraction of sp³-hybridized carbons (Fsp3) is 0.548. The van der Waals surface area contributed by atoms with Crippen LogP contribution >= 0.6 is 0 Å². The van der Waals surface area contributed by atoms with Crippen molar-refractivity contribution in [2.24, 2.45) is 0 Å². The molecule has 1 N–H and O–H groups in total. The molecule has 2 aromatic carbocycles. The van der Waals surface area contributed by atoms with Crippen molar-refractivity contribution < 1.29 is 23.8 Å². The Morgan fingerprint density at radius 1 is 0.838 bits per heavy atom. The van der Waals surface area contributed by atoms with Crippen LogP contribution < -0.4 is 10.1 Å². The van der Waals surface area contributed by atoms with E-state index >= 15 is 0 Å². The Kier molecular flexibility index (Phi) is 13.8. The van der Waals surface area contributed by atoms with Gasteiger partial charge in [-0.3, -0.25) is 4.79 Å². The van der Waals surface area contributed by atoms with Gasteiger partial charge in [-0.2, -0.15) is 0 Å². The first kappa shape index (κ1) is 30.4. The summed E-state index contributed by atoms with van der Waals surface area (Å²) in [4.78, 5) is 24.1. The molecule has 2 aromatic rings. The topological polar surface area (TPSA) is 73.9 Å². The molecule has 0 aliphatic carbocycles. The monoisotopic (exact) mass is 511 g/mol. The molecule has 0 spiro atoms. The zero-order chi connectivity index (χ0) is 26.9. The van der Waals surface area contributed by atoms with Gasteiger partial charge in [0.05, 0.1) is 6.61 Å². The van der Waals surface area contributed by atoms with Crippen molar-refractivity contribution in [3.05, 3.63) is 65.7 Å². The molecule has 2 rings (SSSR count). The van der Waals surface area contributed by atoms with Crippen molar-refractivity contribution in [2.45, 2.75) is 90.8 Å². The summed E-state index contributed by atoms with van der Waals surface area (Å²) < 4.78 is 16.5. The lowest BCUT2D eigenvalue weighted by Gasteiger charge is -2.19. The van der Waals surface area contributed by atoms with Gasteiger partial charge >= 0.3 is 11.9 Å². The summed E-state index contributed by atoms with van der Waals surface area (Å²) in [5, 5.41) is 3.52. The lowest BCUT2D eigenvalue weighted by molar-refractivity contribution is -0.155. The molecule has 0 aromatic heterocycles. The maximum Gasteiger partial charge on any atom is 0.347 e. The molecule has 0 amide bonds. The second-order valence-corrected chi connectivity index (χ2v) is 10.3. The van der Waals surface area contributed by atoms with Gasteiger partial charge in [-0.25, -0.2) is 4.79 Å². The van der Waals surface area contributed by atoms with Gasteiger partial charge in [0.2, 0.25) is 0 Å². The van der Waals surface area contributed by atoms with Gasteiger partial charge in [0.15, 0.2) is 6.10 Å². The molecular weight excluding hydrogens is 466 g/mol. The summed E-state index contributed by atoms with van der Waals surface area (Å²) >= 11 is 0. The molecular formula is C31H45NO5. The van der Waals surface area contributed by atoms with Crippen molar-refractivity contribution in [1.82, 2.24) is 5.32 Å². The van der Waals surface area contributed by atoms with Crippen LogP contribution in [0, 0.1) is 0 Å². The van der Waals surface area contributed by atoms with Crippen molar-refractivity contribution in [1.29, 1.82) is 0 Å². The zero-order valence-electron chi connectivity index (χ0n) is 23.1. The van der Waals surface area contributed by atoms with Crippen molar-refractivity contribution in [3.63, 3.8) is 0 Å². The molecule has 37 heavy (non-hydrogen) atoms. The van der Waals surface area contributed by atoms with Crippen LogP contribution in [0.4, 0.5) is 0 Å². The van der Waals surface area contributed by atoms with Crippen molar-refractivity contribution in [3.8, 4) is 5.75 Å². The molecule has 0 aliphatic rings. The SMILES string of the molecule is CCOC(=O)C(Cc1ccc(CCNCCCCCCCC(=O)OC(C)(C)C)cc1)Oc1ccccc1. The number of unbranched alkanes of at least 4 members (excludes halogenated alkanes) is 4. The summed E-state index contributed by atoms with van der Waals surface area (Å²) in [6, 6.07) is 17.7. The average molecular weight is 512 g/mol. The predicted molar refractivity (Wildman–Crippen MR) is 148 cm³/mol. The number of hydrogen-bond acceptors (Lipinski definition) is 6. The highest BCUT2D eigenvalue weighted by Gasteiger charge is 2.22. The van der Waals surface area contributed by atoms with E-state index in [1.807, 2.05) is 51.1 Å². The fourth-order valence-corrected chi connectivity index (χ4v) is 3.93. The van der Waals surface area contributed by atoms with E-state index in [-0.39, 0.29) is 11.9 Å². The van der Waals surface area contributed by atoms with E-state index in [1.54, 1.807) is 6.92 Å². The van der Waals surface area contributed by atoms with Gasteiger partial charge in [-0.1, -0.05) is 61.7 Å². The van der Waals surface area contributed by atoms with E-state index in [9.17, 15) is 9.59 Å². The van der Waals surface area contributed by atoms with Gasteiger partial charge in [0.1, 0.15) is 11.4 Å². The second kappa shape index (κ2) is 16.8. The van der Waals surface area contributed by atoms with E-state index in [4.69, 9.17) is 14.2 Å². The molecule has 0 heterocycles. The Balaban J connectivity index is 1.61. The Morgan fingerprint density at radius 3 is 2.16 bits per heavy atom. The van der Waals surface area contributed by atoms with Gasteiger partial charge in [-0.05, 0) is 83.3 Å². The summed E-state index contributed by atoms with van der Waals surface area (Å²) in [6.07, 6.45) is 6.68. The number of nitrogens with one attached hydrogen (secondary N) is 1. The highest BCUT2D eigenvalue weighted by molar-refractivity contribution is 5.75. The molecule has 0 saturated carbocycles. The molecule has 0 saturated heterocycles. The highest BCUT2D eigenvalue weighted by atomic mass is 16.6. The van der Waals surface area contributed by atoms with Gasteiger partial charge in [0.25, 0.3) is 0 Å². The quantitative estimate of drug-likeness (QED) is 0.206. The molecule has 0 fully saturated rings. The molecule has 6 heteroatoms. The summed E-state index contributed by atoms with van der Waals surface area (Å²) in [6.45, 7) is 9.77. The van der Waals surface area contributed by atoms with Gasteiger partial charge in [-0.15, -0.1) is 0 Å². The van der Waals surface area contributed by atoms with Crippen LogP contribution in [0.15, 0.2) is 54.6 Å².